The van der Waals surface area contributed by atoms with Gasteiger partial charge in [0, 0.05) is 24.8 Å². The molecule has 1 aliphatic rings. The van der Waals surface area contributed by atoms with Gasteiger partial charge >= 0.3 is 0 Å². The largest absolute Gasteiger partial charge is 0.365 e. The summed E-state index contributed by atoms with van der Waals surface area (Å²) < 4.78 is 0. The first-order valence-electron chi connectivity index (χ1n) is 8.66. The zero-order valence-electron chi connectivity index (χ0n) is 15.0. The third-order valence-corrected chi connectivity index (χ3v) is 4.44. The van der Waals surface area contributed by atoms with E-state index in [1.54, 1.807) is 12.1 Å². The molecule has 2 heterocycles. The van der Waals surface area contributed by atoms with Gasteiger partial charge in [-0.05, 0) is 62.4 Å². The van der Waals surface area contributed by atoms with Gasteiger partial charge in [0.05, 0.1) is 4.92 Å². The summed E-state index contributed by atoms with van der Waals surface area (Å²) in [6.07, 6.45) is 3.69. The molecule has 0 saturated carbocycles. The van der Waals surface area contributed by atoms with Gasteiger partial charge in [-0.25, -0.2) is 4.98 Å². The maximum absolute atomic E-state index is 11.3. The van der Waals surface area contributed by atoms with Crippen LogP contribution in [0.5, 0.6) is 0 Å². The van der Waals surface area contributed by atoms with Crippen LogP contribution in [0.2, 0.25) is 0 Å². The lowest BCUT2D eigenvalue weighted by atomic mass is 10.0. The maximum Gasteiger partial charge on any atom is 0.292 e. The molecular formula is C21H21N3O2. The lowest BCUT2D eigenvalue weighted by Crippen LogP contribution is -2.31. The average Bonchev–Trinajstić information content (AvgIpc) is 2.62. The Hall–Kier alpha value is -3.13. The molecule has 5 nitrogen and oxygen atoms in total. The summed E-state index contributed by atoms with van der Waals surface area (Å²) in [5.41, 5.74) is 4.92. The zero-order chi connectivity index (χ0) is 18.5. The van der Waals surface area contributed by atoms with E-state index in [2.05, 4.69) is 21.7 Å². The van der Waals surface area contributed by atoms with E-state index in [0.29, 0.717) is 5.69 Å². The van der Waals surface area contributed by atoms with Crippen LogP contribution in [-0.2, 0) is 0 Å². The van der Waals surface area contributed by atoms with Crippen molar-refractivity contribution in [3.05, 3.63) is 75.1 Å². The van der Waals surface area contributed by atoms with E-state index in [1.807, 2.05) is 44.2 Å². The number of rotatable bonds is 2. The monoisotopic (exact) mass is 347 g/mol. The van der Waals surface area contributed by atoms with Gasteiger partial charge < -0.3 is 4.90 Å². The minimum atomic E-state index is -0.305. The fourth-order valence-electron chi connectivity index (χ4n) is 3.05. The zero-order valence-corrected chi connectivity index (χ0v) is 15.0. The second-order valence-corrected chi connectivity index (χ2v) is 6.47. The average molecular weight is 347 g/mol. The molecule has 0 spiro atoms. The van der Waals surface area contributed by atoms with E-state index in [4.69, 9.17) is 0 Å². The summed E-state index contributed by atoms with van der Waals surface area (Å²) >= 11 is 0. The Kier molecular flexibility index (Phi) is 5.33. The van der Waals surface area contributed by atoms with E-state index < -0.39 is 0 Å². The molecule has 0 amide bonds. The van der Waals surface area contributed by atoms with Gasteiger partial charge in [-0.3, -0.25) is 10.1 Å². The molecule has 26 heavy (non-hydrogen) atoms. The van der Waals surface area contributed by atoms with Crippen LogP contribution in [0.4, 0.5) is 11.4 Å². The molecule has 0 unspecified atom stereocenters. The summed E-state index contributed by atoms with van der Waals surface area (Å²) in [5, 5.41) is 11.3. The van der Waals surface area contributed by atoms with E-state index >= 15 is 0 Å². The first-order chi connectivity index (χ1) is 12.5. The second-order valence-electron chi connectivity index (χ2n) is 6.47. The highest BCUT2D eigenvalue weighted by molar-refractivity contribution is 5.65. The van der Waals surface area contributed by atoms with Gasteiger partial charge in [0.25, 0.3) is 5.69 Å². The number of hydrogen-bond acceptors (Lipinski definition) is 4. The number of nitro groups is 1. The second kappa shape index (κ2) is 7.83. The minimum absolute atomic E-state index is 0.174. The van der Waals surface area contributed by atoms with Crippen molar-refractivity contribution in [3.63, 3.8) is 0 Å². The molecule has 5 heteroatoms. The SMILES string of the molecule is Cc1ccc([N+](=O)[O-])c(N2CCC(=CC#Cc3cccc(C)n3)CC2)c1. The predicted octanol–water partition coefficient (Wildman–Crippen LogP) is 4.18. The first kappa shape index (κ1) is 17.7. The molecule has 0 radical (unpaired) electrons. The Morgan fingerprint density at radius 1 is 1.19 bits per heavy atom. The number of nitro benzene ring substituents is 1. The van der Waals surface area contributed by atoms with Crippen LogP contribution in [0.3, 0.4) is 0 Å². The van der Waals surface area contributed by atoms with Gasteiger partial charge in [0.1, 0.15) is 11.4 Å². The van der Waals surface area contributed by atoms with E-state index in [9.17, 15) is 10.1 Å². The van der Waals surface area contributed by atoms with Crippen molar-refractivity contribution >= 4 is 11.4 Å². The predicted molar refractivity (Wildman–Crippen MR) is 103 cm³/mol. The Morgan fingerprint density at radius 3 is 2.65 bits per heavy atom. The van der Waals surface area contributed by atoms with Crippen molar-refractivity contribution in [2.24, 2.45) is 0 Å². The normalized spacial score (nSPS) is 13.8. The molecule has 3 rings (SSSR count). The highest BCUT2D eigenvalue weighted by atomic mass is 16.6. The fraction of sp³-hybridized carbons (Fsp3) is 0.286. The number of anilines is 1. The highest BCUT2D eigenvalue weighted by Gasteiger charge is 2.22. The van der Waals surface area contributed by atoms with Crippen molar-refractivity contribution < 1.29 is 4.92 Å². The van der Waals surface area contributed by atoms with Crippen LogP contribution < -0.4 is 4.90 Å². The van der Waals surface area contributed by atoms with Crippen LogP contribution in [0.1, 0.15) is 29.8 Å². The molecule has 2 aromatic rings. The summed E-state index contributed by atoms with van der Waals surface area (Å²) in [6, 6.07) is 11.1. The molecular weight excluding hydrogens is 326 g/mol. The van der Waals surface area contributed by atoms with Gasteiger partial charge in [-0.15, -0.1) is 0 Å². The summed E-state index contributed by atoms with van der Waals surface area (Å²) in [6.45, 7) is 5.43. The van der Waals surface area contributed by atoms with Crippen molar-refractivity contribution in [3.8, 4) is 11.8 Å². The molecule has 0 bridgehead atoms. The van der Waals surface area contributed by atoms with Crippen LogP contribution >= 0.6 is 0 Å². The standard InChI is InChI=1S/C21H21N3O2/c1-16-9-10-20(24(25)26)21(15-16)23-13-11-18(12-14-23)6-4-8-19-7-3-5-17(2)22-19/h3,5-7,9-10,15H,11-14H2,1-2H3. The Morgan fingerprint density at radius 2 is 1.96 bits per heavy atom. The summed E-state index contributed by atoms with van der Waals surface area (Å²) in [4.78, 5) is 17.4. The molecule has 1 fully saturated rings. The summed E-state index contributed by atoms with van der Waals surface area (Å²) in [5.74, 6) is 6.16. The topological polar surface area (TPSA) is 59.3 Å². The quantitative estimate of drug-likeness (QED) is 0.464. The molecule has 1 saturated heterocycles. The van der Waals surface area contributed by atoms with Gasteiger partial charge in [0.2, 0.25) is 0 Å². The number of benzene rings is 1. The smallest absolute Gasteiger partial charge is 0.292 e. The number of hydrogen-bond donors (Lipinski definition) is 0. The lowest BCUT2D eigenvalue weighted by Gasteiger charge is -2.30. The van der Waals surface area contributed by atoms with Crippen LogP contribution in [0, 0.1) is 35.8 Å². The lowest BCUT2D eigenvalue weighted by molar-refractivity contribution is -0.384. The number of allylic oxidation sites excluding steroid dienone is 1. The molecule has 0 N–H and O–H groups in total. The molecule has 0 aliphatic carbocycles. The number of pyridine rings is 1. The Labute approximate surface area is 153 Å². The van der Waals surface area contributed by atoms with Crippen molar-refractivity contribution in [1.29, 1.82) is 0 Å². The number of nitrogens with zero attached hydrogens (tertiary/aromatic N) is 3. The van der Waals surface area contributed by atoms with Crippen molar-refractivity contribution in [2.75, 3.05) is 18.0 Å². The fourth-order valence-corrected chi connectivity index (χ4v) is 3.05. The number of aromatic nitrogens is 1. The van der Waals surface area contributed by atoms with Gasteiger partial charge in [0.15, 0.2) is 0 Å². The van der Waals surface area contributed by atoms with Crippen molar-refractivity contribution in [1.82, 2.24) is 4.98 Å². The van der Waals surface area contributed by atoms with E-state index in [1.165, 1.54) is 5.57 Å². The molecule has 1 aromatic carbocycles. The summed E-state index contributed by atoms with van der Waals surface area (Å²) in [7, 11) is 0. The van der Waals surface area contributed by atoms with E-state index in [0.717, 1.165) is 42.9 Å². The van der Waals surface area contributed by atoms with Crippen LogP contribution in [0.15, 0.2) is 48.0 Å². The third kappa shape index (κ3) is 4.28. The highest BCUT2D eigenvalue weighted by Crippen LogP contribution is 2.32. The third-order valence-electron chi connectivity index (χ3n) is 4.44. The Bertz CT molecular complexity index is 912. The Balaban J connectivity index is 1.68. The maximum atomic E-state index is 11.3. The number of piperidine rings is 1. The van der Waals surface area contributed by atoms with Crippen LogP contribution in [-0.4, -0.2) is 23.0 Å². The minimum Gasteiger partial charge on any atom is -0.365 e. The van der Waals surface area contributed by atoms with Crippen LogP contribution in [0.25, 0.3) is 0 Å². The molecule has 1 aromatic heterocycles. The molecule has 0 atom stereocenters. The van der Waals surface area contributed by atoms with E-state index in [-0.39, 0.29) is 10.6 Å². The van der Waals surface area contributed by atoms with Gasteiger partial charge in [-0.2, -0.15) is 0 Å². The molecule has 1 aliphatic heterocycles. The first-order valence-corrected chi connectivity index (χ1v) is 8.66. The van der Waals surface area contributed by atoms with Gasteiger partial charge in [-0.1, -0.05) is 23.6 Å². The van der Waals surface area contributed by atoms with Crippen molar-refractivity contribution in [2.45, 2.75) is 26.7 Å². The molecule has 132 valence electrons. The number of aryl methyl sites for hydroxylation is 2.